The van der Waals surface area contributed by atoms with E-state index in [1.807, 2.05) is 0 Å². The summed E-state index contributed by atoms with van der Waals surface area (Å²) in [6.07, 6.45) is -4.94. The maximum atomic E-state index is 13.7. The van der Waals surface area contributed by atoms with Gasteiger partial charge in [0.15, 0.2) is 17.3 Å². The lowest BCUT2D eigenvalue weighted by atomic mass is 9.83. The molecule has 168 valence electrons. The highest BCUT2D eigenvalue weighted by molar-refractivity contribution is 6.30. The third-order valence-electron chi connectivity index (χ3n) is 5.44. The molecule has 0 amide bonds. The quantitative estimate of drug-likeness (QED) is 0.600. The van der Waals surface area contributed by atoms with Crippen molar-refractivity contribution in [3.05, 3.63) is 64.2 Å². The number of alkyl halides is 3. The van der Waals surface area contributed by atoms with Crippen LogP contribution in [0.1, 0.15) is 41.0 Å². The third-order valence-corrected chi connectivity index (χ3v) is 5.67. The molecular formula is C21H17ClF3N3O4. The molecule has 2 atom stereocenters. The lowest BCUT2D eigenvalue weighted by Crippen LogP contribution is -2.19. The number of para-hydroxylation sites is 1. The second-order valence-corrected chi connectivity index (χ2v) is 7.62. The zero-order valence-corrected chi connectivity index (χ0v) is 17.6. The molecule has 7 nitrogen and oxygen atoms in total. The van der Waals surface area contributed by atoms with Crippen LogP contribution in [-0.2, 0) is 11.0 Å². The van der Waals surface area contributed by atoms with Gasteiger partial charge in [-0.3, -0.25) is 9.36 Å². The van der Waals surface area contributed by atoms with Gasteiger partial charge in [0.25, 0.3) is 0 Å². The van der Waals surface area contributed by atoms with Gasteiger partial charge in [0.1, 0.15) is 5.92 Å². The molecule has 0 spiro atoms. The van der Waals surface area contributed by atoms with Crippen LogP contribution in [0.5, 0.6) is 11.5 Å². The van der Waals surface area contributed by atoms with Crippen LogP contribution >= 0.6 is 11.6 Å². The van der Waals surface area contributed by atoms with Crippen molar-refractivity contribution in [3.8, 4) is 17.2 Å². The summed E-state index contributed by atoms with van der Waals surface area (Å²) >= 11 is 6.21. The van der Waals surface area contributed by atoms with Crippen LogP contribution in [0.15, 0.2) is 36.4 Å². The van der Waals surface area contributed by atoms with Gasteiger partial charge in [-0.25, -0.2) is 0 Å². The molecular weight excluding hydrogens is 451 g/mol. The molecule has 3 aromatic rings. The predicted molar refractivity (Wildman–Crippen MR) is 108 cm³/mol. The lowest BCUT2D eigenvalue weighted by Gasteiger charge is -2.23. The highest BCUT2D eigenvalue weighted by Gasteiger charge is 2.44. The number of aliphatic carboxylic acids is 1. The predicted octanol–water partition coefficient (Wildman–Crippen LogP) is 4.66. The number of aromatic nitrogens is 3. The van der Waals surface area contributed by atoms with Crippen LogP contribution in [0.2, 0.25) is 5.02 Å². The summed E-state index contributed by atoms with van der Waals surface area (Å²) in [5.74, 6) is -4.23. The van der Waals surface area contributed by atoms with Gasteiger partial charge in [0.05, 0.1) is 19.9 Å². The van der Waals surface area contributed by atoms with Crippen molar-refractivity contribution in [2.75, 3.05) is 14.2 Å². The number of carbonyl (C=O) groups is 1. The first-order valence-electron chi connectivity index (χ1n) is 9.43. The molecule has 0 saturated heterocycles. The summed E-state index contributed by atoms with van der Waals surface area (Å²) in [5.41, 5.74) is 1.04. The fourth-order valence-electron chi connectivity index (χ4n) is 4.11. The Morgan fingerprint density at radius 2 is 1.91 bits per heavy atom. The first-order valence-corrected chi connectivity index (χ1v) is 9.81. The van der Waals surface area contributed by atoms with E-state index in [2.05, 4.69) is 10.2 Å². The normalized spacial score (nSPS) is 17.8. The second kappa shape index (κ2) is 8.01. The van der Waals surface area contributed by atoms with Gasteiger partial charge in [0, 0.05) is 16.5 Å². The number of methoxy groups -OCH3 is 2. The van der Waals surface area contributed by atoms with Crippen molar-refractivity contribution in [3.63, 3.8) is 0 Å². The van der Waals surface area contributed by atoms with Crippen LogP contribution in [0.3, 0.4) is 0 Å². The van der Waals surface area contributed by atoms with Gasteiger partial charge in [-0.2, -0.15) is 13.2 Å². The van der Waals surface area contributed by atoms with Crippen LogP contribution in [0.4, 0.5) is 13.2 Å². The number of hydrogen-bond acceptors (Lipinski definition) is 5. The number of benzene rings is 2. The Kier molecular flexibility index (Phi) is 5.49. The first kappa shape index (κ1) is 21.9. The average molecular weight is 468 g/mol. The Hall–Kier alpha value is -3.27. The number of fused-ring (bicyclic) bond motifs is 3. The largest absolute Gasteiger partial charge is 0.493 e. The number of hydrogen-bond donors (Lipinski definition) is 1. The molecule has 2 unspecified atom stereocenters. The van der Waals surface area contributed by atoms with Crippen molar-refractivity contribution in [1.29, 1.82) is 0 Å². The fourth-order valence-corrected chi connectivity index (χ4v) is 4.29. The summed E-state index contributed by atoms with van der Waals surface area (Å²) in [5, 5.41) is 17.1. The number of rotatable bonds is 4. The summed E-state index contributed by atoms with van der Waals surface area (Å²) in [6.45, 7) is 0. The molecule has 0 aliphatic carbocycles. The highest BCUT2D eigenvalue weighted by Crippen LogP contribution is 2.48. The standard InChI is InChI=1S/C21H17ClF3N3O4/c1-31-16-5-3-4-11(17(16)32-2)12-9-14(19(29)30)18-26-27-20(21(23,24)25)28(18)15-7-6-10(22)8-13(12)15/h3-8,12,14H,9H2,1-2H3,(H,29,30). The van der Waals surface area contributed by atoms with Crippen molar-refractivity contribution in [2.24, 2.45) is 0 Å². The van der Waals surface area contributed by atoms with Crippen LogP contribution in [-0.4, -0.2) is 40.1 Å². The minimum absolute atomic E-state index is 0.0950. The highest BCUT2D eigenvalue weighted by atomic mass is 35.5. The minimum atomic E-state index is -4.85. The van der Waals surface area contributed by atoms with E-state index in [0.717, 1.165) is 4.57 Å². The Balaban J connectivity index is 2.06. The Bertz CT molecular complexity index is 1200. The molecule has 0 fully saturated rings. The molecule has 0 bridgehead atoms. The van der Waals surface area contributed by atoms with E-state index in [9.17, 15) is 23.1 Å². The molecule has 1 aliphatic rings. The number of ether oxygens (including phenoxy) is 2. The summed E-state index contributed by atoms with van der Waals surface area (Å²) in [7, 11) is 2.89. The summed E-state index contributed by atoms with van der Waals surface area (Å²) in [6, 6.07) is 9.45. The molecule has 32 heavy (non-hydrogen) atoms. The SMILES string of the molecule is COc1cccc(C2CC(C(=O)O)c3nnc(C(F)(F)F)n3-c3ccc(Cl)cc32)c1OC. The fraction of sp³-hybridized carbons (Fsp3) is 0.286. The monoisotopic (exact) mass is 467 g/mol. The van der Waals surface area contributed by atoms with Crippen LogP contribution in [0, 0.1) is 0 Å². The zero-order valence-electron chi connectivity index (χ0n) is 16.9. The lowest BCUT2D eigenvalue weighted by molar-refractivity contribution is -0.146. The van der Waals surface area contributed by atoms with Crippen molar-refractivity contribution < 1.29 is 32.5 Å². The Morgan fingerprint density at radius 1 is 1.16 bits per heavy atom. The topological polar surface area (TPSA) is 86.5 Å². The van der Waals surface area contributed by atoms with Gasteiger partial charge in [-0.05, 0) is 36.2 Å². The molecule has 1 aliphatic heterocycles. The zero-order chi connectivity index (χ0) is 23.2. The third kappa shape index (κ3) is 3.54. The number of carboxylic acids is 1. The molecule has 0 radical (unpaired) electrons. The van der Waals surface area contributed by atoms with Gasteiger partial charge < -0.3 is 14.6 Å². The van der Waals surface area contributed by atoms with Crippen LogP contribution in [0.25, 0.3) is 5.69 Å². The van der Waals surface area contributed by atoms with Gasteiger partial charge in [0.2, 0.25) is 5.82 Å². The molecule has 2 aromatic carbocycles. The van der Waals surface area contributed by atoms with Gasteiger partial charge in [-0.15, -0.1) is 10.2 Å². The molecule has 4 rings (SSSR count). The van der Waals surface area contributed by atoms with E-state index in [1.54, 1.807) is 18.2 Å². The number of nitrogens with zero attached hydrogens (tertiary/aromatic N) is 3. The van der Waals surface area contributed by atoms with Gasteiger partial charge >= 0.3 is 12.1 Å². The molecule has 1 aromatic heterocycles. The van der Waals surface area contributed by atoms with Crippen molar-refractivity contribution in [2.45, 2.75) is 24.4 Å². The Morgan fingerprint density at radius 3 is 2.53 bits per heavy atom. The van der Waals surface area contributed by atoms with E-state index in [0.29, 0.717) is 22.6 Å². The van der Waals surface area contributed by atoms with E-state index in [1.165, 1.54) is 32.4 Å². The average Bonchev–Trinajstić information content (AvgIpc) is 3.13. The van der Waals surface area contributed by atoms with Crippen molar-refractivity contribution >= 4 is 17.6 Å². The summed E-state index contributed by atoms with van der Waals surface area (Å²) in [4.78, 5) is 12.2. The number of carboxylic acid groups (broad SMARTS) is 1. The Labute approximate surface area is 185 Å². The van der Waals surface area contributed by atoms with E-state index < -0.39 is 29.8 Å². The van der Waals surface area contributed by atoms with Crippen molar-refractivity contribution in [1.82, 2.24) is 14.8 Å². The summed E-state index contributed by atoms with van der Waals surface area (Å²) < 4.78 is 52.9. The molecule has 0 saturated carbocycles. The van der Waals surface area contributed by atoms with E-state index in [-0.39, 0.29) is 23.0 Å². The molecule has 2 heterocycles. The first-order chi connectivity index (χ1) is 15.2. The minimum Gasteiger partial charge on any atom is -0.493 e. The smallest absolute Gasteiger partial charge is 0.452 e. The maximum absolute atomic E-state index is 13.7. The molecule has 1 N–H and O–H groups in total. The van der Waals surface area contributed by atoms with Gasteiger partial charge in [-0.1, -0.05) is 23.7 Å². The van der Waals surface area contributed by atoms with E-state index >= 15 is 0 Å². The maximum Gasteiger partial charge on any atom is 0.452 e. The molecule has 11 heteroatoms. The second-order valence-electron chi connectivity index (χ2n) is 7.18. The van der Waals surface area contributed by atoms with E-state index in [4.69, 9.17) is 21.1 Å². The van der Waals surface area contributed by atoms with Crippen LogP contribution < -0.4 is 9.47 Å². The number of halogens is 4.